The quantitative estimate of drug-likeness (QED) is 0.175. The largest absolute Gasteiger partial charge is 0.466 e. The van der Waals surface area contributed by atoms with Gasteiger partial charge in [-0.15, -0.1) is 11.6 Å². The van der Waals surface area contributed by atoms with Crippen molar-refractivity contribution in [3.63, 3.8) is 0 Å². The molecule has 2 aliphatic rings. The third-order valence-corrected chi connectivity index (χ3v) is 7.58. The van der Waals surface area contributed by atoms with Gasteiger partial charge in [0.15, 0.2) is 0 Å². The maximum absolute atomic E-state index is 11.5. The summed E-state index contributed by atoms with van der Waals surface area (Å²) in [5.74, 6) is 0.0593. The highest BCUT2D eigenvalue weighted by Crippen LogP contribution is 2.48. The fraction of sp³-hybridized carbons (Fsp3) is 0.760. The number of alkyl halides is 1. The van der Waals surface area contributed by atoms with E-state index >= 15 is 0 Å². The van der Waals surface area contributed by atoms with Crippen LogP contribution in [0, 0.1) is 24.2 Å². The van der Waals surface area contributed by atoms with Crippen LogP contribution < -0.4 is 0 Å². The average molecular weight is 440 g/mol. The Balaban J connectivity index is 1.76. The van der Waals surface area contributed by atoms with Crippen molar-refractivity contribution in [3.05, 3.63) is 31.2 Å². The Morgan fingerprint density at radius 3 is 2.73 bits per heavy atom. The van der Waals surface area contributed by atoms with Crippen LogP contribution in [0.2, 0.25) is 0 Å². The van der Waals surface area contributed by atoms with Crippen LogP contribution in [0.25, 0.3) is 0 Å². The van der Waals surface area contributed by atoms with Crippen molar-refractivity contribution in [2.24, 2.45) is 17.3 Å². The molecule has 2 saturated carbocycles. The van der Waals surface area contributed by atoms with Gasteiger partial charge in [0.2, 0.25) is 0 Å². The summed E-state index contributed by atoms with van der Waals surface area (Å²) in [5.41, 5.74) is 0.107. The molecular formula is C25H40ClO4. The Labute approximate surface area is 187 Å². The summed E-state index contributed by atoms with van der Waals surface area (Å²) in [6.45, 7) is 6.20. The topological polar surface area (TPSA) is 66.8 Å². The number of hydrogen-bond donors (Lipinski definition) is 2. The number of carbonyl (C=O) groups excluding carboxylic acids is 1. The summed E-state index contributed by atoms with van der Waals surface area (Å²) in [7, 11) is 0. The third-order valence-electron chi connectivity index (χ3n) is 7.08. The van der Waals surface area contributed by atoms with Gasteiger partial charge in [-0.05, 0) is 76.0 Å². The zero-order valence-electron chi connectivity index (χ0n) is 18.5. The minimum absolute atomic E-state index is 0.0287. The number of esters is 1. The number of hydrogen-bond acceptors (Lipinski definition) is 4. The van der Waals surface area contributed by atoms with Crippen LogP contribution in [0.15, 0.2) is 24.3 Å². The summed E-state index contributed by atoms with van der Waals surface area (Å²) < 4.78 is 5.02. The summed E-state index contributed by atoms with van der Waals surface area (Å²) in [5, 5.41) is 21.0. The van der Waals surface area contributed by atoms with E-state index in [1.165, 1.54) is 6.42 Å². The minimum atomic E-state index is -0.425. The summed E-state index contributed by atoms with van der Waals surface area (Å²) in [6, 6.07) is 0. The Hall–Kier alpha value is -0.840. The van der Waals surface area contributed by atoms with Gasteiger partial charge in [-0.1, -0.05) is 37.6 Å². The van der Waals surface area contributed by atoms with Crippen LogP contribution in [0.4, 0.5) is 0 Å². The van der Waals surface area contributed by atoms with Gasteiger partial charge in [0.05, 0.1) is 18.8 Å². The molecule has 2 rings (SSSR count). The lowest BCUT2D eigenvalue weighted by Gasteiger charge is -2.45. The first-order valence-corrected chi connectivity index (χ1v) is 12.1. The normalized spacial score (nSPS) is 29.4. The van der Waals surface area contributed by atoms with Crippen molar-refractivity contribution in [2.45, 2.75) is 95.1 Å². The molecule has 0 aromatic carbocycles. The second kappa shape index (κ2) is 12.9. The fourth-order valence-corrected chi connectivity index (χ4v) is 5.28. The van der Waals surface area contributed by atoms with Crippen LogP contribution in [-0.4, -0.2) is 40.4 Å². The lowest BCUT2D eigenvalue weighted by molar-refractivity contribution is -0.143. The molecule has 0 spiro atoms. The standard InChI is InChI=1S/C25H40ClO4/c1-3-17-30-24(29)14-8-6-5-7-11-19-20(22(27)18-21(19)26)12-9-13-23(28)25(4-2)15-10-16-25/h5,7,9,12,19-23,27-28H,1,3-4,6,8,10-11,13-18H2,2H3/b7-5-,12-9+/t19-,20+,21+,22-,23+/m1/s1. The minimum Gasteiger partial charge on any atom is -0.466 e. The number of carbonyl (C=O) groups is 1. The molecule has 1 radical (unpaired) electrons. The van der Waals surface area contributed by atoms with Crippen LogP contribution in [0.1, 0.15) is 77.6 Å². The Morgan fingerprint density at radius 2 is 2.10 bits per heavy atom. The van der Waals surface area contributed by atoms with Gasteiger partial charge < -0.3 is 14.9 Å². The Bertz CT molecular complexity index is 564. The monoisotopic (exact) mass is 439 g/mol. The molecule has 4 nitrogen and oxygen atoms in total. The summed E-state index contributed by atoms with van der Waals surface area (Å²) in [6.07, 6.45) is 16.8. The SMILES string of the molecule is [CH2]CCOC(=O)CCC/C=C\C[C@@H]1[C@H](/C=C/C[C@H](O)C2(CC)CCC2)[C@H](O)C[C@@H]1Cl. The van der Waals surface area contributed by atoms with E-state index in [1.807, 2.05) is 0 Å². The molecule has 5 heteroatoms. The van der Waals surface area contributed by atoms with Gasteiger partial charge in [-0.3, -0.25) is 4.79 Å². The van der Waals surface area contributed by atoms with Crippen LogP contribution >= 0.6 is 11.6 Å². The maximum Gasteiger partial charge on any atom is 0.305 e. The number of ether oxygens (including phenoxy) is 1. The number of aliphatic hydroxyl groups excluding tert-OH is 2. The van der Waals surface area contributed by atoms with E-state index in [2.05, 4.69) is 38.2 Å². The van der Waals surface area contributed by atoms with E-state index < -0.39 is 6.10 Å². The van der Waals surface area contributed by atoms with Gasteiger partial charge >= 0.3 is 5.97 Å². The predicted octanol–water partition coefficient (Wildman–Crippen LogP) is 5.36. The van der Waals surface area contributed by atoms with Crippen molar-refractivity contribution in [2.75, 3.05) is 6.61 Å². The second-order valence-electron chi connectivity index (χ2n) is 8.98. The van der Waals surface area contributed by atoms with Crippen LogP contribution in [0.3, 0.4) is 0 Å². The lowest BCUT2D eigenvalue weighted by atomic mass is 9.63. The highest BCUT2D eigenvalue weighted by atomic mass is 35.5. The average Bonchev–Trinajstić information content (AvgIpc) is 2.95. The highest BCUT2D eigenvalue weighted by Gasteiger charge is 2.42. The van der Waals surface area contributed by atoms with Crippen molar-refractivity contribution in [3.8, 4) is 0 Å². The molecule has 0 amide bonds. The molecule has 0 aliphatic heterocycles. The van der Waals surface area contributed by atoms with E-state index in [0.717, 1.165) is 38.5 Å². The summed E-state index contributed by atoms with van der Waals surface area (Å²) >= 11 is 6.52. The third kappa shape index (κ3) is 7.10. The van der Waals surface area contributed by atoms with E-state index in [9.17, 15) is 15.0 Å². The molecule has 0 aromatic rings. The zero-order valence-corrected chi connectivity index (χ0v) is 19.2. The first kappa shape index (κ1) is 25.4. The molecule has 0 saturated heterocycles. The number of aliphatic hydroxyl groups is 2. The van der Waals surface area contributed by atoms with Gasteiger partial charge in [-0.25, -0.2) is 0 Å². The number of unbranched alkanes of at least 4 members (excludes halogenated alkanes) is 1. The Kier molecular flexibility index (Phi) is 10.9. The van der Waals surface area contributed by atoms with Gasteiger partial charge in [0.1, 0.15) is 0 Å². The first-order chi connectivity index (χ1) is 14.4. The molecule has 0 heterocycles. The molecule has 0 aromatic heterocycles. The van der Waals surface area contributed by atoms with Crippen molar-refractivity contribution in [1.82, 2.24) is 0 Å². The smallest absolute Gasteiger partial charge is 0.305 e. The molecule has 2 fully saturated rings. The van der Waals surface area contributed by atoms with E-state index in [1.54, 1.807) is 0 Å². The summed E-state index contributed by atoms with van der Waals surface area (Å²) in [4.78, 5) is 11.5. The van der Waals surface area contributed by atoms with E-state index in [0.29, 0.717) is 32.3 Å². The first-order valence-electron chi connectivity index (χ1n) is 11.7. The van der Waals surface area contributed by atoms with E-state index in [-0.39, 0.29) is 34.7 Å². The molecule has 0 unspecified atom stereocenters. The van der Waals surface area contributed by atoms with Gasteiger partial charge in [0, 0.05) is 17.7 Å². The lowest BCUT2D eigenvalue weighted by Crippen LogP contribution is -2.40. The second-order valence-corrected chi connectivity index (χ2v) is 9.54. The number of halogens is 1. The zero-order chi connectivity index (χ0) is 22.0. The fourth-order valence-electron chi connectivity index (χ4n) is 4.83. The molecule has 5 atom stereocenters. The Morgan fingerprint density at radius 1 is 1.33 bits per heavy atom. The maximum atomic E-state index is 11.5. The molecule has 30 heavy (non-hydrogen) atoms. The molecule has 2 N–H and O–H groups in total. The molecule has 0 bridgehead atoms. The van der Waals surface area contributed by atoms with Gasteiger partial charge in [0.25, 0.3) is 0 Å². The predicted molar refractivity (Wildman–Crippen MR) is 122 cm³/mol. The van der Waals surface area contributed by atoms with Crippen LogP contribution in [-0.2, 0) is 9.53 Å². The van der Waals surface area contributed by atoms with Crippen LogP contribution in [0.5, 0.6) is 0 Å². The van der Waals surface area contributed by atoms with Gasteiger partial charge in [-0.2, -0.15) is 0 Å². The molecular weight excluding hydrogens is 400 g/mol. The highest BCUT2D eigenvalue weighted by molar-refractivity contribution is 6.21. The van der Waals surface area contributed by atoms with Crippen molar-refractivity contribution in [1.29, 1.82) is 0 Å². The molecule has 171 valence electrons. The molecule has 2 aliphatic carbocycles. The van der Waals surface area contributed by atoms with E-state index in [4.69, 9.17) is 16.3 Å². The van der Waals surface area contributed by atoms with Crippen molar-refractivity contribution < 1.29 is 19.7 Å². The number of allylic oxidation sites excluding steroid dienone is 2. The van der Waals surface area contributed by atoms with Crippen molar-refractivity contribution >= 4 is 17.6 Å². The number of rotatable bonds is 13.